The summed E-state index contributed by atoms with van der Waals surface area (Å²) >= 11 is 0. The molecule has 0 aromatic heterocycles. The third-order valence-corrected chi connectivity index (χ3v) is 3.87. The maximum absolute atomic E-state index is 12.2. The highest BCUT2D eigenvalue weighted by atomic mass is 16.1. The smallest absolute Gasteiger partial charge is 0.223 e. The van der Waals surface area contributed by atoms with Gasteiger partial charge in [-0.05, 0) is 30.6 Å². The molecule has 18 heavy (non-hydrogen) atoms. The number of carbonyl (C=O) groups excluding carboxylic acids is 1. The zero-order valence-corrected chi connectivity index (χ0v) is 13.3. The molecule has 0 bridgehead atoms. The van der Waals surface area contributed by atoms with Crippen LogP contribution < -0.4 is 5.32 Å². The molecule has 0 saturated heterocycles. The van der Waals surface area contributed by atoms with Gasteiger partial charge >= 0.3 is 0 Å². The summed E-state index contributed by atoms with van der Waals surface area (Å²) in [5, 5.41) is 3.18. The van der Waals surface area contributed by atoms with Crippen molar-refractivity contribution in [3.8, 4) is 0 Å². The molecule has 0 rings (SSSR count). The molecular formula is C16H33NO. The van der Waals surface area contributed by atoms with E-state index in [0.29, 0.717) is 17.8 Å². The predicted octanol–water partition coefficient (Wildman–Crippen LogP) is 4.25. The van der Waals surface area contributed by atoms with Crippen LogP contribution in [0.25, 0.3) is 0 Å². The van der Waals surface area contributed by atoms with Crippen LogP contribution in [0.15, 0.2) is 0 Å². The van der Waals surface area contributed by atoms with Crippen LogP contribution in [0.1, 0.15) is 67.2 Å². The number of hydrogen-bond donors (Lipinski definition) is 1. The lowest BCUT2D eigenvalue weighted by Crippen LogP contribution is -2.37. The zero-order chi connectivity index (χ0) is 14.1. The van der Waals surface area contributed by atoms with Crippen LogP contribution in [0, 0.1) is 23.7 Å². The molecule has 108 valence electrons. The quantitative estimate of drug-likeness (QED) is 0.656. The second kappa shape index (κ2) is 9.41. The van der Waals surface area contributed by atoms with Gasteiger partial charge in [0, 0.05) is 12.5 Å². The van der Waals surface area contributed by atoms with Crippen LogP contribution in [0.4, 0.5) is 0 Å². The van der Waals surface area contributed by atoms with Crippen molar-refractivity contribution in [2.45, 2.75) is 67.2 Å². The first-order chi connectivity index (χ1) is 8.43. The van der Waals surface area contributed by atoms with Crippen LogP contribution in [0.5, 0.6) is 0 Å². The molecular weight excluding hydrogens is 222 g/mol. The minimum absolute atomic E-state index is 0.222. The molecule has 0 aliphatic rings. The van der Waals surface area contributed by atoms with Gasteiger partial charge in [0.15, 0.2) is 0 Å². The summed E-state index contributed by atoms with van der Waals surface area (Å²) in [6.07, 6.45) is 4.23. The second-order valence-corrected chi connectivity index (χ2v) is 6.17. The fraction of sp³-hybridized carbons (Fsp3) is 0.938. The Bertz CT molecular complexity index is 209. The lowest BCUT2D eigenvalue weighted by molar-refractivity contribution is -0.125. The van der Waals surface area contributed by atoms with Crippen LogP contribution in [0.3, 0.4) is 0 Å². The van der Waals surface area contributed by atoms with Gasteiger partial charge in [0.2, 0.25) is 5.91 Å². The molecule has 0 fully saturated rings. The van der Waals surface area contributed by atoms with Gasteiger partial charge in [-0.2, -0.15) is 0 Å². The van der Waals surface area contributed by atoms with E-state index in [4.69, 9.17) is 0 Å². The Hall–Kier alpha value is -0.530. The number of hydrogen-bond acceptors (Lipinski definition) is 1. The van der Waals surface area contributed by atoms with Gasteiger partial charge < -0.3 is 5.32 Å². The highest BCUT2D eigenvalue weighted by Gasteiger charge is 2.21. The van der Waals surface area contributed by atoms with Gasteiger partial charge in [-0.25, -0.2) is 0 Å². The normalized spacial score (nSPS) is 11.9. The van der Waals surface area contributed by atoms with E-state index in [0.717, 1.165) is 32.2 Å². The summed E-state index contributed by atoms with van der Waals surface area (Å²) in [6.45, 7) is 14.1. The zero-order valence-electron chi connectivity index (χ0n) is 13.3. The molecule has 0 aliphatic carbocycles. The van der Waals surface area contributed by atoms with Crippen LogP contribution >= 0.6 is 0 Å². The first-order valence-corrected chi connectivity index (χ1v) is 7.71. The van der Waals surface area contributed by atoms with Gasteiger partial charge in [-0.1, -0.05) is 54.4 Å². The molecule has 0 heterocycles. The van der Waals surface area contributed by atoms with Gasteiger partial charge in [-0.15, -0.1) is 0 Å². The fourth-order valence-corrected chi connectivity index (χ4v) is 2.71. The van der Waals surface area contributed by atoms with Gasteiger partial charge in [0.05, 0.1) is 0 Å². The maximum Gasteiger partial charge on any atom is 0.223 e. The molecule has 0 aromatic carbocycles. The SMILES string of the molecule is CCCC(CCC)C(=O)NCC(C(C)C)C(C)C. The Balaban J connectivity index is 4.27. The van der Waals surface area contributed by atoms with E-state index in [1.165, 1.54) is 0 Å². The molecule has 0 atom stereocenters. The molecule has 0 saturated carbocycles. The number of rotatable bonds is 9. The number of nitrogens with one attached hydrogen (secondary N) is 1. The van der Waals surface area contributed by atoms with Crippen LogP contribution in [0.2, 0.25) is 0 Å². The van der Waals surface area contributed by atoms with Crippen molar-refractivity contribution in [3.63, 3.8) is 0 Å². The predicted molar refractivity (Wildman–Crippen MR) is 79.5 cm³/mol. The summed E-state index contributed by atoms with van der Waals surface area (Å²) in [7, 11) is 0. The number of carbonyl (C=O) groups is 1. The monoisotopic (exact) mass is 255 g/mol. The Morgan fingerprint density at radius 3 is 1.72 bits per heavy atom. The van der Waals surface area contributed by atoms with Crippen molar-refractivity contribution in [2.24, 2.45) is 23.7 Å². The summed E-state index contributed by atoms with van der Waals surface area (Å²) < 4.78 is 0. The molecule has 0 unspecified atom stereocenters. The minimum atomic E-state index is 0.222. The van der Waals surface area contributed by atoms with Crippen molar-refractivity contribution in [2.75, 3.05) is 6.54 Å². The standard InChI is InChI=1S/C16H33NO/c1-7-9-14(10-8-2)16(18)17-11-15(12(3)4)13(5)6/h12-15H,7-11H2,1-6H3,(H,17,18). The molecule has 0 radical (unpaired) electrons. The second-order valence-electron chi connectivity index (χ2n) is 6.17. The van der Waals surface area contributed by atoms with E-state index in [9.17, 15) is 4.79 Å². The fourth-order valence-electron chi connectivity index (χ4n) is 2.71. The summed E-state index contributed by atoms with van der Waals surface area (Å²) in [6, 6.07) is 0. The topological polar surface area (TPSA) is 29.1 Å². The Morgan fingerprint density at radius 1 is 0.944 bits per heavy atom. The molecule has 2 heteroatoms. The highest BCUT2D eigenvalue weighted by molar-refractivity contribution is 5.78. The lowest BCUT2D eigenvalue weighted by Gasteiger charge is -2.26. The van der Waals surface area contributed by atoms with E-state index < -0.39 is 0 Å². The van der Waals surface area contributed by atoms with Crippen LogP contribution in [-0.4, -0.2) is 12.5 Å². The van der Waals surface area contributed by atoms with Crippen LogP contribution in [-0.2, 0) is 4.79 Å². The molecule has 0 aliphatic heterocycles. The summed E-state index contributed by atoms with van der Waals surface area (Å²) in [4.78, 5) is 12.2. The Morgan fingerprint density at radius 2 is 1.39 bits per heavy atom. The highest BCUT2D eigenvalue weighted by Crippen LogP contribution is 2.20. The molecule has 1 amide bonds. The largest absolute Gasteiger partial charge is 0.356 e. The van der Waals surface area contributed by atoms with Crippen molar-refractivity contribution < 1.29 is 4.79 Å². The molecule has 0 aromatic rings. The van der Waals surface area contributed by atoms with Crippen molar-refractivity contribution in [1.82, 2.24) is 5.32 Å². The van der Waals surface area contributed by atoms with Gasteiger partial charge in [0.1, 0.15) is 0 Å². The average molecular weight is 255 g/mol. The third-order valence-electron chi connectivity index (χ3n) is 3.87. The Labute approximate surface area is 114 Å². The third kappa shape index (κ3) is 6.42. The van der Waals surface area contributed by atoms with Crippen molar-refractivity contribution >= 4 is 5.91 Å². The first kappa shape index (κ1) is 17.5. The lowest BCUT2D eigenvalue weighted by atomic mass is 9.85. The maximum atomic E-state index is 12.2. The van der Waals surface area contributed by atoms with Gasteiger partial charge in [0.25, 0.3) is 0 Å². The minimum Gasteiger partial charge on any atom is -0.356 e. The first-order valence-electron chi connectivity index (χ1n) is 7.71. The van der Waals surface area contributed by atoms with Crippen molar-refractivity contribution in [1.29, 1.82) is 0 Å². The van der Waals surface area contributed by atoms with Crippen molar-refractivity contribution in [3.05, 3.63) is 0 Å². The average Bonchev–Trinajstić information content (AvgIpc) is 2.27. The Kier molecular flexibility index (Phi) is 9.13. The van der Waals surface area contributed by atoms with E-state index in [1.807, 2.05) is 0 Å². The van der Waals surface area contributed by atoms with E-state index in [-0.39, 0.29) is 11.8 Å². The van der Waals surface area contributed by atoms with Gasteiger partial charge in [-0.3, -0.25) is 4.79 Å². The summed E-state index contributed by atoms with van der Waals surface area (Å²) in [5.41, 5.74) is 0. The summed E-state index contributed by atoms with van der Waals surface area (Å²) in [5.74, 6) is 2.32. The van der Waals surface area contributed by atoms with E-state index in [2.05, 4.69) is 46.9 Å². The number of amides is 1. The molecule has 0 spiro atoms. The van der Waals surface area contributed by atoms with E-state index in [1.54, 1.807) is 0 Å². The molecule has 1 N–H and O–H groups in total. The van der Waals surface area contributed by atoms with E-state index >= 15 is 0 Å². The molecule has 2 nitrogen and oxygen atoms in total.